The molecule has 2 aromatic carbocycles. The molecule has 5 rings (SSSR count). The molecule has 2 bridgehead atoms. The first kappa shape index (κ1) is 15.9. The normalized spacial score (nSPS) is 29.3. The summed E-state index contributed by atoms with van der Waals surface area (Å²) in [5, 5.41) is 0.651. The highest BCUT2D eigenvalue weighted by atomic mass is 35.5. The topological polar surface area (TPSA) is 46.6 Å². The van der Waals surface area contributed by atoms with Crippen molar-refractivity contribution in [2.75, 3.05) is 4.90 Å². The Bertz CT molecular complexity index is 849. The minimum atomic E-state index is -0.0914. The smallest absolute Gasteiger partial charge is 0.237 e. The van der Waals surface area contributed by atoms with Crippen LogP contribution in [0.2, 0.25) is 5.02 Å². The fourth-order valence-corrected chi connectivity index (χ4v) is 5.09. The molecule has 0 spiro atoms. The van der Waals surface area contributed by atoms with Crippen molar-refractivity contribution in [2.45, 2.75) is 19.3 Å². The van der Waals surface area contributed by atoms with Gasteiger partial charge in [0.2, 0.25) is 11.8 Å². The second-order valence-electron chi connectivity index (χ2n) is 7.45. The lowest BCUT2D eigenvalue weighted by Crippen LogP contribution is -2.32. The first-order chi connectivity index (χ1) is 12.6. The molecule has 0 radical (unpaired) electrons. The summed E-state index contributed by atoms with van der Waals surface area (Å²) in [5.41, 5.74) is 0.636. The Morgan fingerprint density at radius 3 is 1.85 bits per heavy atom. The zero-order valence-electron chi connectivity index (χ0n) is 14.1. The molecule has 3 fully saturated rings. The van der Waals surface area contributed by atoms with Crippen molar-refractivity contribution >= 4 is 29.1 Å². The molecule has 4 nitrogen and oxygen atoms in total. The highest BCUT2D eigenvalue weighted by Crippen LogP contribution is 2.56. The molecule has 1 saturated heterocycles. The molecular weight excluding hydrogens is 350 g/mol. The molecule has 132 valence electrons. The van der Waals surface area contributed by atoms with E-state index in [-0.39, 0.29) is 23.7 Å². The van der Waals surface area contributed by atoms with Gasteiger partial charge in [-0.05, 0) is 79.6 Å². The quantitative estimate of drug-likeness (QED) is 0.741. The summed E-state index contributed by atoms with van der Waals surface area (Å²) in [5.74, 6) is 1.92. The number of anilines is 1. The monoisotopic (exact) mass is 367 g/mol. The largest absolute Gasteiger partial charge is 0.457 e. The van der Waals surface area contributed by atoms with Gasteiger partial charge in [0.25, 0.3) is 0 Å². The van der Waals surface area contributed by atoms with Crippen LogP contribution in [0.15, 0.2) is 48.5 Å². The first-order valence-electron chi connectivity index (χ1n) is 9.03. The van der Waals surface area contributed by atoms with E-state index in [0.29, 0.717) is 34.0 Å². The zero-order valence-corrected chi connectivity index (χ0v) is 14.9. The third-order valence-electron chi connectivity index (χ3n) is 6.07. The molecule has 0 aromatic heterocycles. The fourth-order valence-electron chi connectivity index (χ4n) is 4.97. The molecule has 0 N–H and O–H groups in total. The van der Waals surface area contributed by atoms with Crippen molar-refractivity contribution in [1.82, 2.24) is 0 Å². The summed E-state index contributed by atoms with van der Waals surface area (Å²) in [6.45, 7) is 0. The van der Waals surface area contributed by atoms with Gasteiger partial charge in [0.1, 0.15) is 11.5 Å². The van der Waals surface area contributed by atoms with Crippen LogP contribution < -0.4 is 9.64 Å². The summed E-state index contributed by atoms with van der Waals surface area (Å²) in [6.07, 6.45) is 3.23. The van der Waals surface area contributed by atoms with Crippen LogP contribution in [0.4, 0.5) is 5.69 Å². The summed E-state index contributed by atoms with van der Waals surface area (Å²) in [4.78, 5) is 27.1. The van der Waals surface area contributed by atoms with Crippen molar-refractivity contribution in [3.63, 3.8) is 0 Å². The third kappa shape index (κ3) is 2.36. The second-order valence-corrected chi connectivity index (χ2v) is 7.88. The number of carbonyl (C=O) groups is 2. The summed E-state index contributed by atoms with van der Waals surface area (Å²) in [6, 6.07) is 14.2. The molecule has 4 atom stereocenters. The highest BCUT2D eigenvalue weighted by molar-refractivity contribution is 6.30. The fraction of sp³-hybridized carbons (Fsp3) is 0.333. The minimum absolute atomic E-state index is 0.0152. The number of hydrogen-bond acceptors (Lipinski definition) is 3. The number of hydrogen-bond donors (Lipinski definition) is 0. The van der Waals surface area contributed by atoms with Gasteiger partial charge >= 0.3 is 0 Å². The number of halogens is 1. The van der Waals surface area contributed by atoms with Crippen molar-refractivity contribution in [1.29, 1.82) is 0 Å². The Hall–Kier alpha value is -2.33. The van der Waals surface area contributed by atoms with Gasteiger partial charge in [0.15, 0.2) is 0 Å². The van der Waals surface area contributed by atoms with Gasteiger partial charge in [-0.3, -0.25) is 14.5 Å². The SMILES string of the molecule is O=C1C2C3CCC(C3)C2C(=O)N1c1ccc(Oc2ccc(Cl)cc2)cc1. The average Bonchev–Trinajstić information content (AvgIpc) is 3.32. The summed E-state index contributed by atoms with van der Waals surface area (Å²) in [7, 11) is 0. The van der Waals surface area contributed by atoms with Crippen LogP contribution in [-0.4, -0.2) is 11.8 Å². The Morgan fingerprint density at radius 1 is 0.808 bits per heavy atom. The molecule has 2 aromatic rings. The maximum atomic E-state index is 12.9. The molecule has 4 unspecified atom stereocenters. The van der Waals surface area contributed by atoms with Gasteiger partial charge in [-0.25, -0.2) is 0 Å². The predicted molar refractivity (Wildman–Crippen MR) is 98.3 cm³/mol. The van der Waals surface area contributed by atoms with Gasteiger partial charge in [0.05, 0.1) is 17.5 Å². The summed E-state index contributed by atoms with van der Waals surface area (Å²) < 4.78 is 5.78. The van der Waals surface area contributed by atoms with Crippen LogP contribution in [0.1, 0.15) is 19.3 Å². The van der Waals surface area contributed by atoms with Gasteiger partial charge in [0, 0.05) is 5.02 Å². The molecule has 2 saturated carbocycles. The van der Waals surface area contributed by atoms with E-state index in [1.54, 1.807) is 48.5 Å². The van der Waals surface area contributed by atoms with Gasteiger partial charge < -0.3 is 4.74 Å². The lowest BCUT2D eigenvalue weighted by molar-refractivity contribution is -0.123. The number of carbonyl (C=O) groups excluding carboxylic acids is 2. The van der Waals surface area contributed by atoms with Crippen LogP contribution in [0.5, 0.6) is 11.5 Å². The van der Waals surface area contributed by atoms with E-state index in [0.717, 1.165) is 19.3 Å². The number of imide groups is 1. The van der Waals surface area contributed by atoms with E-state index >= 15 is 0 Å². The van der Waals surface area contributed by atoms with E-state index in [9.17, 15) is 9.59 Å². The zero-order chi connectivity index (χ0) is 17.8. The maximum absolute atomic E-state index is 12.9. The first-order valence-corrected chi connectivity index (χ1v) is 9.41. The highest BCUT2D eigenvalue weighted by Gasteiger charge is 2.61. The number of ether oxygens (including phenoxy) is 1. The Balaban J connectivity index is 1.37. The average molecular weight is 368 g/mol. The van der Waals surface area contributed by atoms with E-state index < -0.39 is 0 Å². The van der Waals surface area contributed by atoms with Crippen LogP contribution in [-0.2, 0) is 9.59 Å². The van der Waals surface area contributed by atoms with Gasteiger partial charge in [-0.15, -0.1) is 0 Å². The van der Waals surface area contributed by atoms with Gasteiger partial charge in [-0.1, -0.05) is 11.6 Å². The Labute approximate surface area is 156 Å². The Kier molecular flexibility index (Phi) is 3.57. The number of nitrogens with zero attached hydrogens (tertiary/aromatic N) is 1. The van der Waals surface area contributed by atoms with Crippen LogP contribution >= 0.6 is 11.6 Å². The number of benzene rings is 2. The molecule has 2 aliphatic carbocycles. The molecule has 1 aliphatic heterocycles. The second kappa shape index (κ2) is 5.85. The van der Waals surface area contributed by atoms with Crippen LogP contribution in [0.3, 0.4) is 0 Å². The molecular formula is C21H18ClNO3. The van der Waals surface area contributed by atoms with Crippen molar-refractivity contribution in [3.05, 3.63) is 53.6 Å². The van der Waals surface area contributed by atoms with Crippen LogP contribution in [0.25, 0.3) is 0 Å². The van der Waals surface area contributed by atoms with E-state index in [2.05, 4.69) is 0 Å². The standard InChI is InChI=1S/C21H18ClNO3/c22-14-3-7-16(8-4-14)26-17-9-5-15(6-10-17)23-20(24)18-12-1-2-13(11-12)19(18)21(23)25/h3-10,12-13,18-19H,1-2,11H2. The molecule has 3 aliphatic rings. The molecule has 5 heteroatoms. The molecule has 1 heterocycles. The molecule has 26 heavy (non-hydrogen) atoms. The van der Waals surface area contributed by atoms with E-state index in [1.807, 2.05) is 0 Å². The Morgan fingerprint density at radius 2 is 1.31 bits per heavy atom. The number of amides is 2. The molecule has 2 amide bonds. The number of fused-ring (bicyclic) bond motifs is 5. The van der Waals surface area contributed by atoms with E-state index in [1.165, 1.54) is 4.90 Å². The maximum Gasteiger partial charge on any atom is 0.237 e. The lowest BCUT2D eigenvalue weighted by Gasteiger charge is -2.19. The van der Waals surface area contributed by atoms with Crippen LogP contribution in [0, 0.1) is 23.7 Å². The predicted octanol–water partition coefficient (Wildman–Crippen LogP) is 4.67. The van der Waals surface area contributed by atoms with Crippen molar-refractivity contribution < 1.29 is 14.3 Å². The van der Waals surface area contributed by atoms with Gasteiger partial charge in [-0.2, -0.15) is 0 Å². The van der Waals surface area contributed by atoms with Crippen molar-refractivity contribution in [2.24, 2.45) is 23.7 Å². The van der Waals surface area contributed by atoms with E-state index in [4.69, 9.17) is 16.3 Å². The summed E-state index contributed by atoms with van der Waals surface area (Å²) >= 11 is 5.88. The van der Waals surface area contributed by atoms with Crippen molar-refractivity contribution in [3.8, 4) is 11.5 Å². The number of rotatable bonds is 3. The lowest BCUT2D eigenvalue weighted by atomic mass is 9.81. The third-order valence-corrected chi connectivity index (χ3v) is 6.32. The minimum Gasteiger partial charge on any atom is -0.457 e.